The van der Waals surface area contributed by atoms with Crippen LogP contribution in [0.1, 0.15) is 32.3 Å². The largest absolute Gasteiger partial charge is 0.496 e. The number of hydrogen-bond acceptors (Lipinski definition) is 3. The van der Waals surface area contributed by atoms with Crippen molar-refractivity contribution in [3.63, 3.8) is 0 Å². The number of rotatable bonds is 6. The molecule has 90 valence electrons. The van der Waals surface area contributed by atoms with Gasteiger partial charge >= 0.3 is 0 Å². The fourth-order valence-electron chi connectivity index (χ4n) is 1.76. The zero-order chi connectivity index (χ0) is 12.0. The summed E-state index contributed by atoms with van der Waals surface area (Å²) in [6.45, 7) is 5.19. The molecule has 3 heteroatoms. The van der Waals surface area contributed by atoms with E-state index >= 15 is 0 Å². The monoisotopic (exact) mass is 222 g/mol. The molecule has 0 aliphatic heterocycles. The van der Waals surface area contributed by atoms with Crippen molar-refractivity contribution in [3.8, 4) is 5.75 Å². The van der Waals surface area contributed by atoms with Crippen LogP contribution >= 0.6 is 0 Å². The summed E-state index contributed by atoms with van der Waals surface area (Å²) in [4.78, 5) is 0. The summed E-state index contributed by atoms with van der Waals surface area (Å²) in [6.07, 6.45) is 2.38. The number of ether oxygens (including phenoxy) is 1. The van der Waals surface area contributed by atoms with E-state index in [-0.39, 0.29) is 0 Å². The second-order valence-corrected chi connectivity index (χ2v) is 4.14. The normalized spacial score (nSPS) is 12.4. The molecule has 1 rings (SSSR count). The first-order valence-electron chi connectivity index (χ1n) is 5.83. The Morgan fingerprint density at radius 1 is 1.44 bits per heavy atom. The molecule has 1 aromatic carbocycles. The predicted octanol–water partition coefficient (Wildman–Crippen LogP) is 2.56. The molecule has 3 N–H and O–H groups in total. The van der Waals surface area contributed by atoms with Crippen LogP contribution in [-0.4, -0.2) is 13.2 Å². The average molecular weight is 222 g/mol. The maximum Gasteiger partial charge on any atom is 0.123 e. The minimum atomic E-state index is 0.524. The van der Waals surface area contributed by atoms with Crippen LogP contribution in [0.25, 0.3) is 0 Å². The van der Waals surface area contributed by atoms with Crippen LogP contribution in [0.4, 0.5) is 5.69 Å². The molecular formula is C13H22N2O. The lowest BCUT2D eigenvalue weighted by molar-refractivity contribution is 0.404. The van der Waals surface area contributed by atoms with Crippen molar-refractivity contribution in [3.05, 3.63) is 23.8 Å². The van der Waals surface area contributed by atoms with Gasteiger partial charge in [-0.3, -0.25) is 0 Å². The highest BCUT2D eigenvalue weighted by Crippen LogP contribution is 2.20. The molecule has 0 saturated heterocycles. The van der Waals surface area contributed by atoms with Gasteiger partial charge in [0.15, 0.2) is 0 Å². The van der Waals surface area contributed by atoms with Gasteiger partial charge in [-0.1, -0.05) is 13.3 Å². The van der Waals surface area contributed by atoms with Gasteiger partial charge in [0, 0.05) is 23.8 Å². The Labute approximate surface area is 98.0 Å². The predicted molar refractivity (Wildman–Crippen MR) is 68.6 cm³/mol. The first kappa shape index (κ1) is 12.8. The molecule has 0 aromatic heterocycles. The van der Waals surface area contributed by atoms with E-state index < -0.39 is 0 Å². The molecule has 0 amide bonds. The first-order chi connectivity index (χ1) is 7.67. The van der Waals surface area contributed by atoms with Crippen LogP contribution in [0.15, 0.2) is 18.2 Å². The van der Waals surface area contributed by atoms with Gasteiger partial charge in [0.1, 0.15) is 5.75 Å². The van der Waals surface area contributed by atoms with Gasteiger partial charge in [-0.15, -0.1) is 0 Å². The molecule has 3 nitrogen and oxygen atoms in total. The number of hydrogen-bond donors (Lipinski definition) is 2. The molecule has 1 unspecified atom stereocenters. The summed E-state index contributed by atoms with van der Waals surface area (Å²) in [5.41, 5.74) is 7.66. The van der Waals surface area contributed by atoms with E-state index in [2.05, 4.69) is 19.2 Å². The Balaban J connectivity index is 2.61. The number of methoxy groups -OCH3 is 1. The average Bonchev–Trinajstić information content (AvgIpc) is 2.27. The highest BCUT2D eigenvalue weighted by molar-refractivity contribution is 5.47. The second-order valence-electron chi connectivity index (χ2n) is 4.14. The van der Waals surface area contributed by atoms with Gasteiger partial charge in [0.2, 0.25) is 0 Å². The number of nitrogen functional groups attached to an aromatic ring is 1. The minimum Gasteiger partial charge on any atom is -0.496 e. The van der Waals surface area contributed by atoms with Gasteiger partial charge < -0.3 is 15.8 Å². The highest BCUT2D eigenvalue weighted by Gasteiger charge is 2.05. The van der Waals surface area contributed by atoms with Gasteiger partial charge in [-0.05, 0) is 31.5 Å². The SMILES string of the molecule is CCCC(C)NCc1cc(N)ccc1OC. The summed E-state index contributed by atoms with van der Waals surface area (Å²) in [7, 11) is 1.69. The maximum absolute atomic E-state index is 5.76. The van der Waals surface area contributed by atoms with Crippen molar-refractivity contribution >= 4 is 5.69 Å². The maximum atomic E-state index is 5.76. The molecule has 1 aromatic rings. The summed E-state index contributed by atoms with van der Waals surface area (Å²) < 4.78 is 5.30. The van der Waals surface area contributed by atoms with Crippen LogP contribution < -0.4 is 15.8 Å². The topological polar surface area (TPSA) is 47.3 Å². The Bertz CT molecular complexity index is 326. The van der Waals surface area contributed by atoms with Crippen LogP contribution in [-0.2, 0) is 6.54 Å². The molecule has 0 aliphatic carbocycles. The highest BCUT2D eigenvalue weighted by atomic mass is 16.5. The van der Waals surface area contributed by atoms with Crippen molar-refractivity contribution in [1.29, 1.82) is 0 Å². The van der Waals surface area contributed by atoms with Crippen molar-refractivity contribution in [1.82, 2.24) is 5.32 Å². The lowest BCUT2D eigenvalue weighted by Gasteiger charge is -2.15. The lowest BCUT2D eigenvalue weighted by atomic mass is 10.1. The zero-order valence-electron chi connectivity index (χ0n) is 10.4. The first-order valence-corrected chi connectivity index (χ1v) is 5.83. The van der Waals surface area contributed by atoms with E-state index in [0.29, 0.717) is 6.04 Å². The van der Waals surface area contributed by atoms with Crippen LogP contribution in [0.3, 0.4) is 0 Å². The van der Waals surface area contributed by atoms with E-state index in [9.17, 15) is 0 Å². The van der Waals surface area contributed by atoms with Gasteiger partial charge in [-0.25, -0.2) is 0 Å². The van der Waals surface area contributed by atoms with E-state index in [0.717, 1.165) is 23.5 Å². The van der Waals surface area contributed by atoms with Gasteiger partial charge in [-0.2, -0.15) is 0 Å². The summed E-state index contributed by atoms with van der Waals surface area (Å²) >= 11 is 0. The zero-order valence-corrected chi connectivity index (χ0v) is 10.4. The van der Waals surface area contributed by atoms with Gasteiger partial charge in [0.25, 0.3) is 0 Å². The molecule has 0 saturated carbocycles. The van der Waals surface area contributed by atoms with Gasteiger partial charge in [0.05, 0.1) is 7.11 Å². The summed E-state index contributed by atoms with van der Waals surface area (Å²) in [6, 6.07) is 6.26. The van der Waals surface area contributed by atoms with Crippen LogP contribution in [0.2, 0.25) is 0 Å². The smallest absolute Gasteiger partial charge is 0.123 e. The quantitative estimate of drug-likeness (QED) is 0.727. The summed E-state index contributed by atoms with van der Waals surface area (Å²) in [5, 5.41) is 3.47. The molecule has 0 fully saturated rings. The number of anilines is 1. The number of nitrogens with one attached hydrogen (secondary N) is 1. The van der Waals surface area contributed by atoms with Crippen molar-refractivity contribution in [2.75, 3.05) is 12.8 Å². The van der Waals surface area contributed by atoms with Crippen LogP contribution in [0.5, 0.6) is 5.75 Å². The third-order valence-electron chi connectivity index (χ3n) is 2.67. The Hall–Kier alpha value is -1.22. The molecule has 1 atom stereocenters. The van der Waals surface area contributed by atoms with E-state index in [1.807, 2.05) is 18.2 Å². The third-order valence-corrected chi connectivity index (χ3v) is 2.67. The molecule has 0 spiro atoms. The standard InChI is InChI=1S/C13H22N2O/c1-4-5-10(2)15-9-11-8-12(14)6-7-13(11)16-3/h6-8,10,15H,4-5,9,14H2,1-3H3. The Morgan fingerprint density at radius 2 is 2.19 bits per heavy atom. The van der Waals surface area contributed by atoms with Crippen molar-refractivity contribution < 1.29 is 4.74 Å². The third kappa shape index (κ3) is 3.74. The second kappa shape index (κ2) is 6.38. The number of nitrogens with two attached hydrogens (primary N) is 1. The Morgan fingerprint density at radius 3 is 2.81 bits per heavy atom. The molecule has 0 radical (unpaired) electrons. The lowest BCUT2D eigenvalue weighted by Crippen LogP contribution is -2.25. The molecule has 16 heavy (non-hydrogen) atoms. The molecule has 0 bridgehead atoms. The molecule has 0 aliphatic rings. The molecule has 0 heterocycles. The van der Waals surface area contributed by atoms with E-state index in [1.165, 1.54) is 12.8 Å². The van der Waals surface area contributed by atoms with E-state index in [1.54, 1.807) is 7.11 Å². The molecular weight excluding hydrogens is 200 g/mol. The summed E-state index contributed by atoms with van der Waals surface area (Å²) in [5.74, 6) is 0.894. The number of benzene rings is 1. The van der Waals surface area contributed by atoms with Crippen LogP contribution in [0, 0.1) is 0 Å². The fourth-order valence-corrected chi connectivity index (χ4v) is 1.76. The fraction of sp³-hybridized carbons (Fsp3) is 0.538. The van der Waals surface area contributed by atoms with Crippen molar-refractivity contribution in [2.45, 2.75) is 39.3 Å². The van der Waals surface area contributed by atoms with E-state index in [4.69, 9.17) is 10.5 Å². The Kier molecular flexibility index (Phi) is 5.12. The minimum absolute atomic E-state index is 0.524. The van der Waals surface area contributed by atoms with Crippen molar-refractivity contribution in [2.24, 2.45) is 0 Å².